The number of guanidine groups is 1. The third kappa shape index (κ3) is 5.73. The number of hydrogen-bond acceptors (Lipinski definition) is 4. The third-order valence-corrected chi connectivity index (χ3v) is 3.71. The third-order valence-electron chi connectivity index (χ3n) is 2.87. The molecular formula is C15H17F3N4OS. The molecule has 0 aliphatic heterocycles. The van der Waals surface area contributed by atoms with Gasteiger partial charge in [-0.15, -0.1) is 17.9 Å². The highest BCUT2D eigenvalue weighted by atomic mass is 32.1. The van der Waals surface area contributed by atoms with Gasteiger partial charge in [0.25, 0.3) is 0 Å². The van der Waals surface area contributed by atoms with Crippen LogP contribution < -0.4 is 10.6 Å². The molecule has 2 N–H and O–H groups in total. The lowest BCUT2D eigenvalue weighted by atomic mass is 10.3. The van der Waals surface area contributed by atoms with Crippen LogP contribution in [0.25, 0.3) is 0 Å². The molecule has 2 aromatic rings. The zero-order chi connectivity index (χ0) is 17.4. The standard InChI is InChI=1S/C15H17F3N4OS/c1-2-6-19-14(20-7-5-11-4-3-8-23-11)21-9-13-22-12(10-24-13)15(16,17)18/h2-4,8,10H,1,5-7,9H2,(H2,19,20,21). The number of thiazole rings is 1. The topological polar surface area (TPSA) is 62.5 Å². The Bertz CT molecular complexity index is 665. The molecule has 2 heterocycles. The highest BCUT2D eigenvalue weighted by Crippen LogP contribution is 2.30. The maximum atomic E-state index is 12.5. The van der Waals surface area contributed by atoms with Crippen molar-refractivity contribution in [3.05, 3.63) is 52.9 Å². The first-order valence-electron chi connectivity index (χ1n) is 7.16. The van der Waals surface area contributed by atoms with Gasteiger partial charge in [0, 0.05) is 24.9 Å². The van der Waals surface area contributed by atoms with Gasteiger partial charge in [-0.3, -0.25) is 0 Å². The number of nitrogens with zero attached hydrogens (tertiary/aromatic N) is 2. The fraction of sp³-hybridized carbons (Fsp3) is 0.333. The average molecular weight is 358 g/mol. The molecule has 0 bridgehead atoms. The molecular weight excluding hydrogens is 341 g/mol. The normalized spacial score (nSPS) is 12.2. The SMILES string of the molecule is C=CCNC(=NCc1nc(C(F)(F)F)cs1)NCCc1ccco1. The highest BCUT2D eigenvalue weighted by Gasteiger charge is 2.33. The summed E-state index contributed by atoms with van der Waals surface area (Å²) in [6.07, 6.45) is -0.503. The summed E-state index contributed by atoms with van der Waals surface area (Å²) in [6, 6.07) is 3.67. The lowest BCUT2D eigenvalue weighted by Crippen LogP contribution is -2.38. The van der Waals surface area contributed by atoms with E-state index in [1.807, 2.05) is 6.07 Å². The van der Waals surface area contributed by atoms with Crippen LogP contribution in [0.4, 0.5) is 13.2 Å². The zero-order valence-corrected chi connectivity index (χ0v) is 13.6. The van der Waals surface area contributed by atoms with E-state index in [1.165, 1.54) is 0 Å². The van der Waals surface area contributed by atoms with Crippen molar-refractivity contribution in [3.8, 4) is 0 Å². The van der Waals surface area contributed by atoms with E-state index in [-0.39, 0.29) is 6.54 Å². The number of alkyl halides is 3. The summed E-state index contributed by atoms with van der Waals surface area (Å²) < 4.78 is 42.8. The van der Waals surface area contributed by atoms with E-state index in [1.54, 1.807) is 18.4 Å². The Morgan fingerprint density at radius 3 is 2.88 bits per heavy atom. The van der Waals surface area contributed by atoms with Crippen LogP contribution in [0.2, 0.25) is 0 Å². The summed E-state index contributed by atoms with van der Waals surface area (Å²) in [5.74, 6) is 1.31. The van der Waals surface area contributed by atoms with Gasteiger partial charge in [-0.2, -0.15) is 13.2 Å². The molecule has 5 nitrogen and oxygen atoms in total. The molecule has 0 fully saturated rings. The number of furan rings is 1. The van der Waals surface area contributed by atoms with Crippen molar-refractivity contribution < 1.29 is 17.6 Å². The van der Waals surface area contributed by atoms with E-state index in [0.717, 1.165) is 22.5 Å². The number of aliphatic imine (C=N–C) groups is 1. The summed E-state index contributed by atoms with van der Waals surface area (Å²) in [7, 11) is 0. The molecule has 2 rings (SSSR count). The molecule has 2 aromatic heterocycles. The van der Waals surface area contributed by atoms with E-state index in [9.17, 15) is 13.2 Å². The van der Waals surface area contributed by atoms with Crippen molar-refractivity contribution in [2.24, 2.45) is 4.99 Å². The number of halogens is 3. The van der Waals surface area contributed by atoms with Crippen molar-refractivity contribution in [3.63, 3.8) is 0 Å². The number of hydrogen-bond donors (Lipinski definition) is 2. The van der Waals surface area contributed by atoms with E-state index in [4.69, 9.17) is 4.42 Å². The van der Waals surface area contributed by atoms with Crippen LogP contribution in [0.15, 0.2) is 45.8 Å². The quantitative estimate of drug-likeness (QED) is 0.453. The Kier molecular flexibility index (Phi) is 6.42. The molecule has 0 saturated carbocycles. The van der Waals surface area contributed by atoms with E-state index < -0.39 is 11.9 Å². The minimum absolute atomic E-state index is 0.0635. The maximum absolute atomic E-state index is 12.5. The fourth-order valence-corrected chi connectivity index (χ4v) is 2.49. The van der Waals surface area contributed by atoms with Gasteiger partial charge in [0.15, 0.2) is 11.7 Å². The van der Waals surface area contributed by atoms with E-state index in [2.05, 4.69) is 27.2 Å². The van der Waals surface area contributed by atoms with Crippen molar-refractivity contribution in [2.75, 3.05) is 13.1 Å². The number of rotatable bonds is 7. The highest BCUT2D eigenvalue weighted by molar-refractivity contribution is 7.09. The molecule has 0 unspecified atom stereocenters. The number of nitrogens with one attached hydrogen (secondary N) is 2. The predicted octanol–water partition coefficient (Wildman–Crippen LogP) is 3.22. The van der Waals surface area contributed by atoms with Crippen LogP contribution in [0, 0.1) is 0 Å². The Hall–Kier alpha value is -2.29. The molecule has 0 spiro atoms. The van der Waals surface area contributed by atoms with Gasteiger partial charge in [0.05, 0.1) is 12.8 Å². The molecule has 0 atom stereocenters. The average Bonchev–Trinajstić information content (AvgIpc) is 3.20. The second-order valence-corrected chi connectivity index (χ2v) is 5.66. The zero-order valence-electron chi connectivity index (χ0n) is 12.8. The first-order valence-corrected chi connectivity index (χ1v) is 8.04. The fourth-order valence-electron chi connectivity index (χ4n) is 1.76. The van der Waals surface area contributed by atoms with Crippen molar-refractivity contribution in [2.45, 2.75) is 19.1 Å². The predicted molar refractivity (Wildman–Crippen MR) is 86.9 cm³/mol. The van der Waals surface area contributed by atoms with E-state index in [0.29, 0.717) is 30.5 Å². The Morgan fingerprint density at radius 2 is 2.25 bits per heavy atom. The molecule has 9 heteroatoms. The van der Waals surface area contributed by atoms with E-state index >= 15 is 0 Å². The second-order valence-electron chi connectivity index (χ2n) is 4.71. The van der Waals surface area contributed by atoms with Gasteiger partial charge in [-0.1, -0.05) is 6.08 Å². The summed E-state index contributed by atoms with van der Waals surface area (Å²) >= 11 is 0.935. The molecule has 0 aliphatic carbocycles. The summed E-state index contributed by atoms with van der Waals surface area (Å²) in [5.41, 5.74) is -0.885. The molecule has 0 radical (unpaired) electrons. The van der Waals surface area contributed by atoms with Crippen LogP contribution in [0.3, 0.4) is 0 Å². The molecule has 24 heavy (non-hydrogen) atoms. The molecule has 0 amide bonds. The lowest BCUT2D eigenvalue weighted by molar-refractivity contribution is -0.140. The first-order chi connectivity index (χ1) is 11.5. The molecule has 130 valence electrons. The maximum Gasteiger partial charge on any atom is 0.434 e. The van der Waals surface area contributed by atoms with Crippen molar-refractivity contribution in [1.29, 1.82) is 0 Å². The lowest BCUT2D eigenvalue weighted by Gasteiger charge is -2.10. The van der Waals surface area contributed by atoms with Gasteiger partial charge in [-0.25, -0.2) is 9.98 Å². The van der Waals surface area contributed by atoms with Crippen molar-refractivity contribution >= 4 is 17.3 Å². The van der Waals surface area contributed by atoms with Crippen LogP contribution in [0.1, 0.15) is 16.5 Å². The summed E-state index contributed by atoms with van der Waals surface area (Å²) in [6.45, 7) is 4.73. The van der Waals surface area contributed by atoms with Crippen LogP contribution >= 0.6 is 11.3 Å². The van der Waals surface area contributed by atoms with Gasteiger partial charge in [0.2, 0.25) is 0 Å². The smallest absolute Gasteiger partial charge is 0.434 e. The van der Waals surface area contributed by atoms with Gasteiger partial charge >= 0.3 is 6.18 Å². The Labute approximate surface area is 141 Å². The largest absolute Gasteiger partial charge is 0.469 e. The second kappa shape index (κ2) is 8.53. The van der Waals surface area contributed by atoms with Gasteiger partial charge in [0.1, 0.15) is 10.8 Å². The Balaban J connectivity index is 1.91. The van der Waals surface area contributed by atoms with Crippen LogP contribution in [0.5, 0.6) is 0 Å². The van der Waals surface area contributed by atoms with Crippen LogP contribution in [-0.4, -0.2) is 24.0 Å². The summed E-state index contributed by atoms with van der Waals surface area (Å²) in [4.78, 5) is 7.79. The van der Waals surface area contributed by atoms with Crippen molar-refractivity contribution in [1.82, 2.24) is 15.6 Å². The molecule has 0 aromatic carbocycles. The van der Waals surface area contributed by atoms with Gasteiger partial charge < -0.3 is 15.1 Å². The molecule has 0 aliphatic rings. The minimum Gasteiger partial charge on any atom is -0.469 e. The minimum atomic E-state index is -4.43. The van der Waals surface area contributed by atoms with Gasteiger partial charge in [-0.05, 0) is 12.1 Å². The summed E-state index contributed by atoms with van der Waals surface area (Å²) in [5, 5.41) is 7.38. The molecule has 0 saturated heterocycles. The first kappa shape index (κ1) is 18.1. The van der Waals surface area contributed by atoms with Crippen LogP contribution in [-0.2, 0) is 19.1 Å². The monoisotopic (exact) mass is 358 g/mol. The Morgan fingerprint density at radius 1 is 1.42 bits per heavy atom. The number of aromatic nitrogens is 1.